The lowest BCUT2D eigenvalue weighted by atomic mass is 9.85. The average molecular weight is 567 g/mol. The van der Waals surface area contributed by atoms with E-state index < -0.39 is 0 Å². The highest BCUT2D eigenvalue weighted by molar-refractivity contribution is 7.26. The van der Waals surface area contributed by atoms with Crippen LogP contribution in [0, 0.1) is 0 Å². The second-order valence-corrected chi connectivity index (χ2v) is 12.2. The molecule has 3 heteroatoms. The van der Waals surface area contributed by atoms with Crippen molar-refractivity contribution in [2.24, 2.45) is 0 Å². The molecule has 0 unspecified atom stereocenters. The molecule has 3 heterocycles. The van der Waals surface area contributed by atoms with Crippen LogP contribution in [0.3, 0.4) is 0 Å². The van der Waals surface area contributed by atoms with Gasteiger partial charge in [0.05, 0.1) is 11.6 Å². The molecule has 0 spiro atoms. The third-order valence-corrected chi connectivity index (χ3v) is 10.2. The maximum Gasteiger partial charge on any atom is 0.147 e. The van der Waals surface area contributed by atoms with Crippen LogP contribution in [0.1, 0.15) is 0 Å². The Hall–Kier alpha value is -5.38. The SMILES string of the molecule is c1ccc2c(c1)oc1c2ccc2occ(-c3c4ccccc4c(-c4cccc5c4sc4ccccc45)c4ccccc34)c21. The number of hydrogen-bond acceptors (Lipinski definition) is 3. The van der Waals surface area contributed by atoms with E-state index in [0.29, 0.717) is 0 Å². The first-order valence-electron chi connectivity index (χ1n) is 14.5. The predicted molar refractivity (Wildman–Crippen MR) is 182 cm³/mol. The molecule has 2 nitrogen and oxygen atoms in total. The quantitative estimate of drug-likeness (QED) is 0.195. The lowest BCUT2D eigenvalue weighted by Crippen LogP contribution is -1.90. The summed E-state index contributed by atoms with van der Waals surface area (Å²) < 4.78 is 15.4. The molecular weight excluding hydrogens is 545 g/mol. The van der Waals surface area contributed by atoms with Gasteiger partial charge in [0.1, 0.15) is 16.7 Å². The molecule has 43 heavy (non-hydrogen) atoms. The van der Waals surface area contributed by atoms with Gasteiger partial charge in [0.15, 0.2) is 0 Å². The first-order chi connectivity index (χ1) is 21.3. The summed E-state index contributed by atoms with van der Waals surface area (Å²) in [5.74, 6) is 0. The van der Waals surface area contributed by atoms with Gasteiger partial charge in [0.2, 0.25) is 0 Å². The van der Waals surface area contributed by atoms with E-state index in [1.807, 2.05) is 29.7 Å². The molecule has 0 radical (unpaired) electrons. The zero-order chi connectivity index (χ0) is 28.1. The third-order valence-electron chi connectivity index (χ3n) is 8.96. The van der Waals surface area contributed by atoms with Crippen LogP contribution in [0.2, 0.25) is 0 Å². The van der Waals surface area contributed by atoms with E-state index in [-0.39, 0.29) is 0 Å². The van der Waals surface area contributed by atoms with Crippen LogP contribution in [-0.2, 0) is 0 Å². The number of furan rings is 2. The minimum Gasteiger partial charge on any atom is -0.464 e. The lowest BCUT2D eigenvalue weighted by Gasteiger charge is -2.17. The zero-order valence-corrected chi connectivity index (χ0v) is 23.7. The molecule has 3 aromatic heterocycles. The van der Waals surface area contributed by atoms with Gasteiger partial charge < -0.3 is 8.83 Å². The van der Waals surface area contributed by atoms with Crippen LogP contribution >= 0.6 is 11.3 Å². The van der Waals surface area contributed by atoms with Crippen LogP contribution in [0.5, 0.6) is 0 Å². The summed E-state index contributed by atoms with van der Waals surface area (Å²) in [7, 11) is 0. The number of fused-ring (bicyclic) bond motifs is 10. The van der Waals surface area contributed by atoms with E-state index in [1.54, 1.807) is 0 Å². The molecule has 7 aromatic carbocycles. The minimum atomic E-state index is 0.828. The van der Waals surface area contributed by atoms with E-state index >= 15 is 0 Å². The summed E-state index contributed by atoms with van der Waals surface area (Å²) in [6.45, 7) is 0. The number of para-hydroxylation sites is 1. The fourth-order valence-corrected chi connectivity index (χ4v) is 8.36. The standard InChI is InChI=1S/C40H22O2S/c1-3-14-27-25(12-1)36(31-17-9-16-30-24-11-6-8-19-35(24)43-40(30)31)26-13-2-4-15-28(26)37(27)32-22-41-34-21-20-29-23-10-5-7-18-33(23)42-39(29)38(32)34/h1-22H. The average Bonchev–Trinajstić information content (AvgIpc) is 3.77. The number of rotatable bonds is 2. The lowest BCUT2D eigenvalue weighted by molar-refractivity contribution is 0.616. The largest absolute Gasteiger partial charge is 0.464 e. The topological polar surface area (TPSA) is 26.3 Å². The van der Waals surface area contributed by atoms with Gasteiger partial charge in [-0.25, -0.2) is 0 Å². The van der Waals surface area contributed by atoms with E-state index in [2.05, 4.69) is 115 Å². The van der Waals surface area contributed by atoms with E-state index in [9.17, 15) is 0 Å². The molecule has 0 aliphatic carbocycles. The zero-order valence-electron chi connectivity index (χ0n) is 22.9. The summed E-state index contributed by atoms with van der Waals surface area (Å²) in [6, 6.07) is 45.6. The molecule has 0 fully saturated rings. The summed E-state index contributed by atoms with van der Waals surface area (Å²) >= 11 is 1.88. The van der Waals surface area contributed by atoms with Gasteiger partial charge in [0, 0.05) is 47.6 Å². The van der Waals surface area contributed by atoms with E-state index in [1.165, 1.54) is 58.4 Å². The second kappa shape index (κ2) is 8.57. The van der Waals surface area contributed by atoms with Gasteiger partial charge in [-0.1, -0.05) is 103 Å². The van der Waals surface area contributed by atoms with Crippen molar-refractivity contribution in [3.05, 3.63) is 134 Å². The van der Waals surface area contributed by atoms with Gasteiger partial charge in [-0.05, 0) is 51.4 Å². The molecule has 0 amide bonds. The first kappa shape index (κ1) is 23.2. The summed E-state index contributed by atoms with van der Waals surface area (Å²) in [6.07, 6.45) is 1.91. The van der Waals surface area contributed by atoms with Crippen molar-refractivity contribution in [3.8, 4) is 22.3 Å². The molecule has 0 N–H and O–H groups in total. The van der Waals surface area contributed by atoms with Crippen molar-refractivity contribution >= 4 is 86.0 Å². The molecule has 200 valence electrons. The van der Waals surface area contributed by atoms with Crippen LogP contribution in [0.4, 0.5) is 0 Å². The molecule has 10 rings (SSSR count). The Morgan fingerprint density at radius 2 is 1.02 bits per heavy atom. The molecule has 0 saturated carbocycles. The summed E-state index contributed by atoms with van der Waals surface area (Å²) in [5.41, 5.74) is 7.36. The van der Waals surface area contributed by atoms with Gasteiger partial charge >= 0.3 is 0 Å². The minimum absolute atomic E-state index is 0.828. The van der Waals surface area contributed by atoms with Crippen molar-refractivity contribution in [2.75, 3.05) is 0 Å². The molecule has 0 atom stereocenters. The van der Waals surface area contributed by atoms with Crippen molar-refractivity contribution in [3.63, 3.8) is 0 Å². The fraction of sp³-hybridized carbons (Fsp3) is 0. The fourth-order valence-electron chi connectivity index (χ4n) is 7.14. The summed E-state index contributed by atoms with van der Waals surface area (Å²) in [5, 5.41) is 10.7. The maximum atomic E-state index is 6.52. The number of benzene rings is 7. The predicted octanol–water partition coefficient (Wildman–Crippen LogP) is 12.3. The second-order valence-electron chi connectivity index (χ2n) is 11.2. The molecule has 10 aromatic rings. The number of thiophene rings is 1. The third kappa shape index (κ3) is 3.12. The smallest absolute Gasteiger partial charge is 0.147 e. The Balaban J connectivity index is 1.37. The Kier molecular flexibility index (Phi) is 4.63. The van der Waals surface area contributed by atoms with Crippen LogP contribution in [0.15, 0.2) is 142 Å². The van der Waals surface area contributed by atoms with Gasteiger partial charge in [-0.3, -0.25) is 0 Å². The van der Waals surface area contributed by atoms with E-state index in [0.717, 1.165) is 38.5 Å². The summed E-state index contributed by atoms with van der Waals surface area (Å²) in [4.78, 5) is 0. The maximum absolute atomic E-state index is 6.52. The normalized spacial score (nSPS) is 12.2. The van der Waals surface area contributed by atoms with Crippen molar-refractivity contribution < 1.29 is 8.83 Å². The van der Waals surface area contributed by atoms with Crippen molar-refractivity contribution in [1.82, 2.24) is 0 Å². The highest BCUT2D eigenvalue weighted by Gasteiger charge is 2.23. The Morgan fingerprint density at radius 1 is 0.419 bits per heavy atom. The van der Waals surface area contributed by atoms with Crippen LogP contribution in [0.25, 0.3) is 96.9 Å². The van der Waals surface area contributed by atoms with Crippen LogP contribution in [-0.4, -0.2) is 0 Å². The van der Waals surface area contributed by atoms with Crippen molar-refractivity contribution in [2.45, 2.75) is 0 Å². The molecule has 0 aliphatic heterocycles. The van der Waals surface area contributed by atoms with Crippen LogP contribution < -0.4 is 0 Å². The molecule has 0 aliphatic rings. The monoisotopic (exact) mass is 566 g/mol. The Bertz CT molecular complexity index is 2680. The number of hydrogen-bond donors (Lipinski definition) is 0. The highest BCUT2D eigenvalue weighted by atomic mass is 32.1. The molecule has 0 saturated heterocycles. The van der Waals surface area contributed by atoms with Crippen molar-refractivity contribution in [1.29, 1.82) is 0 Å². The van der Waals surface area contributed by atoms with Gasteiger partial charge in [-0.2, -0.15) is 0 Å². The Labute approximate surface area is 250 Å². The highest BCUT2D eigenvalue weighted by Crippen LogP contribution is 2.50. The first-order valence-corrected chi connectivity index (χ1v) is 15.3. The van der Waals surface area contributed by atoms with Gasteiger partial charge in [-0.15, -0.1) is 11.3 Å². The Morgan fingerprint density at radius 3 is 1.77 bits per heavy atom. The van der Waals surface area contributed by atoms with Gasteiger partial charge in [0.25, 0.3) is 0 Å². The molecule has 0 bridgehead atoms. The van der Waals surface area contributed by atoms with E-state index in [4.69, 9.17) is 8.83 Å². The molecular formula is C40H22O2S.